The number of alkyl halides is 1. The molecule has 7 heteroatoms. The van der Waals surface area contributed by atoms with Crippen molar-refractivity contribution in [3.8, 4) is 5.75 Å². The Morgan fingerprint density at radius 2 is 2.22 bits per heavy atom. The highest BCUT2D eigenvalue weighted by Gasteiger charge is 2.21. The molecule has 0 fully saturated rings. The zero-order valence-electron chi connectivity index (χ0n) is 12.9. The van der Waals surface area contributed by atoms with E-state index in [0.29, 0.717) is 12.2 Å². The van der Waals surface area contributed by atoms with Gasteiger partial charge in [0.2, 0.25) is 6.30 Å². The van der Waals surface area contributed by atoms with Crippen molar-refractivity contribution in [1.82, 2.24) is 14.8 Å². The van der Waals surface area contributed by atoms with Gasteiger partial charge in [-0.3, -0.25) is 0 Å². The molecule has 0 aliphatic carbocycles. The minimum absolute atomic E-state index is 0.0967. The Morgan fingerprint density at radius 1 is 1.43 bits per heavy atom. The predicted molar refractivity (Wildman–Crippen MR) is 85.1 cm³/mol. The molecule has 0 aliphatic rings. The first-order valence-electron chi connectivity index (χ1n) is 7.28. The van der Waals surface area contributed by atoms with Gasteiger partial charge in [0.05, 0.1) is 6.61 Å². The van der Waals surface area contributed by atoms with Crippen LogP contribution in [0.4, 0.5) is 4.39 Å². The lowest BCUT2D eigenvalue weighted by Gasteiger charge is -2.12. The summed E-state index contributed by atoms with van der Waals surface area (Å²) in [6.07, 6.45) is 3.39. The molecule has 2 rings (SSSR count). The second-order valence-electron chi connectivity index (χ2n) is 4.65. The molecule has 0 N–H and O–H groups in total. The average Bonchev–Trinajstić information content (AvgIpc) is 3.12. The lowest BCUT2D eigenvalue weighted by atomic mass is 10.1. The summed E-state index contributed by atoms with van der Waals surface area (Å²) < 4.78 is 21.2. The number of hydrogen-bond acceptors (Lipinski definition) is 5. The molecule has 1 aromatic carbocycles. The molecule has 1 aromatic heterocycles. The van der Waals surface area contributed by atoms with E-state index in [1.165, 1.54) is 18.7 Å². The third kappa shape index (κ3) is 4.64. The van der Waals surface area contributed by atoms with E-state index in [0.717, 1.165) is 16.9 Å². The molecule has 23 heavy (non-hydrogen) atoms. The van der Waals surface area contributed by atoms with Crippen molar-refractivity contribution in [2.45, 2.75) is 19.6 Å². The molecule has 1 heterocycles. The second-order valence-corrected chi connectivity index (χ2v) is 4.65. The van der Waals surface area contributed by atoms with Gasteiger partial charge in [0, 0.05) is 5.56 Å². The fourth-order valence-corrected chi connectivity index (χ4v) is 1.79. The number of aromatic nitrogens is 3. The number of rotatable bonds is 9. The highest BCUT2D eigenvalue weighted by Crippen LogP contribution is 2.19. The van der Waals surface area contributed by atoms with Crippen LogP contribution in [-0.4, -0.2) is 33.7 Å². The quantitative estimate of drug-likeness (QED) is 0.308. The van der Waals surface area contributed by atoms with Crippen molar-refractivity contribution < 1.29 is 14.0 Å². The van der Waals surface area contributed by atoms with Gasteiger partial charge in [-0.25, -0.2) is 14.1 Å². The first kappa shape index (κ1) is 16.7. The van der Waals surface area contributed by atoms with Gasteiger partial charge in [-0.1, -0.05) is 24.7 Å². The molecule has 1 atom stereocenters. The summed E-state index contributed by atoms with van der Waals surface area (Å²) in [6, 6.07) is 6.99. The maximum atomic E-state index is 14.6. The topological polar surface area (TPSA) is 61.5 Å². The Kier molecular flexibility index (Phi) is 6.28. The minimum atomic E-state index is -1.61. The zero-order valence-corrected chi connectivity index (χ0v) is 12.9. The van der Waals surface area contributed by atoms with Crippen LogP contribution in [0.15, 0.2) is 54.7 Å². The average molecular weight is 318 g/mol. The van der Waals surface area contributed by atoms with Crippen LogP contribution in [0.1, 0.15) is 25.2 Å². The molecule has 0 spiro atoms. The zero-order chi connectivity index (χ0) is 16.5. The second kappa shape index (κ2) is 8.67. The summed E-state index contributed by atoms with van der Waals surface area (Å²) in [7, 11) is 0. The highest BCUT2D eigenvalue weighted by molar-refractivity contribution is 6.02. The smallest absolute Gasteiger partial charge is 0.239 e. The molecule has 0 saturated heterocycles. The highest BCUT2D eigenvalue weighted by atomic mass is 19.1. The Balaban J connectivity index is 2.22. The van der Waals surface area contributed by atoms with Gasteiger partial charge in [-0.15, -0.1) is 0 Å². The summed E-state index contributed by atoms with van der Waals surface area (Å²) >= 11 is 0. The van der Waals surface area contributed by atoms with Gasteiger partial charge in [-0.2, -0.15) is 5.10 Å². The van der Waals surface area contributed by atoms with Gasteiger partial charge in [0.15, 0.2) is 0 Å². The molecule has 0 saturated carbocycles. The summed E-state index contributed by atoms with van der Waals surface area (Å²) in [6.45, 7) is 6.38. The van der Waals surface area contributed by atoms with Gasteiger partial charge in [-0.05, 0) is 30.7 Å². The molecule has 0 aliphatic heterocycles. The van der Waals surface area contributed by atoms with E-state index in [2.05, 4.69) is 21.8 Å². The fraction of sp³-hybridized carbons (Fsp3) is 0.312. The van der Waals surface area contributed by atoms with Crippen LogP contribution in [0.5, 0.6) is 5.75 Å². The maximum Gasteiger partial charge on any atom is 0.239 e. The molecule has 2 aromatic rings. The SMILES string of the molecule is C=CCON=C(c1ccc(OCCC)cc1)C(F)n1cncn1. The molecule has 1 unspecified atom stereocenters. The number of nitrogens with zero attached hydrogens (tertiary/aromatic N) is 4. The molecule has 0 amide bonds. The van der Waals surface area contributed by atoms with Crippen LogP contribution >= 0.6 is 0 Å². The number of hydrogen-bond donors (Lipinski definition) is 0. The molecule has 0 bridgehead atoms. The van der Waals surface area contributed by atoms with E-state index in [4.69, 9.17) is 9.57 Å². The Bertz CT molecular complexity index is 626. The summed E-state index contributed by atoms with van der Waals surface area (Å²) in [5.41, 5.74) is 0.667. The third-order valence-corrected chi connectivity index (χ3v) is 2.87. The van der Waals surface area contributed by atoms with Crippen LogP contribution in [0.25, 0.3) is 0 Å². The van der Waals surface area contributed by atoms with Crippen molar-refractivity contribution in [2.75, 3.05) is 13.2 Å². The van der Waals surface area contributed by atoms with Crippen LogP contribution in [0, 0.1) is 0 Å². The summed E-state index contributed by atoms with van der Waals surface area (Å²) in [4.78, 5) is 8.79. The first-order valence-corrected chi connectivity index (χ1v) is 7.28. The van der Waals surface area contributed by atoms with E-state index >= 15 is 0 Å². The van der Waals surface area contributed by atoms with Gasteiger partial charge >= 0.3 is 0 Å². The molecule has 6 nitrogen and oxygen atoms in total. The normalized spacial score (nSPS) is 12.7. The molecule has 0 radical (unpaired) electrons. The van der Waals surface area contributed by atoms with Crippen LogP contribution in [0.2, 0.25) is 0 Å². The standard InChI is InChI=1S/C16H19FN4O2/c1-3-9-22-14-7-5-13(6-8-14)15(20-23-10-4-2)16(17)21-12-18-11-19-21/h4-8,11-12,16H,2-3,9-10H2,1H3. The Hall–Kier alpha value is -2.70. The van der Waals surface area contributed by atoms with Gasteiger partial charge in [0.1, 0.15) is 30.7 Å². The van der Waals surface area contributed by atoms with E-state index in [9.17, 15) is 4.39 Å². The Labute approximate surface area is 134 Å². The van der Waals surface area contributed by atoms with E-state index in [-0.39, 0.29) is 12.3 Å². The summed E-state index contributed by atoms with van der Waals surface area (Å²) in [5, 5.41) is 7.67. The van der Waals surface area contributed by atoms with Crippen LogP contribution in [0.3, 0.4) is 0 Å². The van der Waals surface area contributed by atoms with E-state index in [1.54, 1.807) is 24.3 Å². The number of oxime groups is 1. The lowest BCUT2D eigenvalue weighted by Crippen LogP contribution is -2.17. The number of halogens is 1. The van der Waals surface area contributed by atoms with Gasteiger partial charge < -0.3 is 9.57 Å². The van der Waals surface area contributed by atoms with Crippen molar-refractivity contribution in [2.24, 2.45) is 5.16 Å². The molecule has 122 valence electrons. The van der Waals surface area contributed by atoms with Crippen molar-refractivity contribution in [3.63, 3.8) is 0 Å². The fourth-order valence-electron chi connectivity index (χ4n) is 1.79. The number of benzene rings is 1. The van der Waals surface area contributed by atoms with Crippen molar-refractivity contribution in [1.29, 1.82) is 0 Å². The molecular formula is C16H19FN4O2. The van der Waals surface area contributed by atoms with Gasteiger partial charge in [0.25, 0.3) is 0 Å². The van der Waals surface area contributed by atoms with Crippen LogP contribution < -0.4 is 4.74 Å². The monoisotopic (exact) mass is 318 g/mol. The lowest BCUT2D eigenvalue weighted by molar-refractivity contribution is 0.168. The van der Waals surface area contributed by atoms with Crippen molar-refractivity contribution in [3.05, 3.63) is 55.1 Å². The van der Waals surface area contributed by atoms with E-state index < -0.39 is 6.30 Å². The summed E-state index contributed by atoms with van der Waals surface area (Å²) in [5.74, 6) is 0.720. The molecular weight excluding hydrogens is 299 g/mol. The Morgan fingerprint density at radius 3 is 2.83 bits per heavy atom. The largest absolute Gasteiger partial charge is 0.494 e. The van der Waals surface area contributed by atoms with E-state index in [1.807, 2.05) is 6.92 Å². The minimum Gasteiger partial charge on any atom is -0.494 e. The predicted octanol–water partition coefficient (Wildman–Crippen LogP) is 3.14. The van der Waals surface area contributed by atoms with Crippen LogP contribution in [-0.2, 0) is 4.84 Å². The maximum absolute atomic E-state index is 14.6. The van der Waals surface area contributed by atoms with Crippen molar-refractivity contribution >= 4 is 5.71 Å². The third-order valence-electron chi connectivity index (χ3n) is 2.87. The first-order chi connectivity index (χ1) is 11.3. The number of ether oxygens (including phenoxy) is 1.